The SMILES string of the molecule is CCOC(=O)Cc1csc(NC(=O)COc2ccc(Br)cc2C)n1. The van der Waals surface area contributed by atoms with Crippen molar-refractivity contribution in [1.29, 1.82) is 0 Å². The Kier molecular flexibility index (Phi) is 6.74. The highest BCUT2D eigenvalue weighted by Crippen LogP contribution is 2.22. The van der Waals surface area contributed by atoms with E-state index < -0.39 is 0 Å². The number of rotatable bonds is 7. The van der Waals surface area contributed by atoms with Gasteiger partial charge >= 0.3 is 5.97 Å². The van der Waals surface area contributed by atoms with Crippen molar-refractivity contribution in [1.82, 2.24) is 4.98 Å². The van der Waals surface area contributed by atoms with E-state index in [1.165, 1.54) is 11.3 Å². The van der Waals surface area contributed by atoms with Crippen LogP contribution < -0.4 is 10.1 Å². The summed E-state index contributed by atoms with van der Waals surface area (Å²) in [6.45, 7) is 3.87. The van der Waals surface area contributed by atoms with Crippen LogP contribution in [-0.4, -0.2) is 30.1 Å². The number of aromatic nitrogens is 1. The third-order valence-electron chi connectivity index (χ3n) is 2.92. The standard InChI is InChI=1S/C16H17BrN2O4S/c1-3-22-15(21)7-12-9-24-16(18-12)19-14(20)8-23-13-5-4-11(17)6-10(13)2/h4-6,9H,3,7-8H2,1-2H3,(H,18,19,20). The van der Waals surface area contributed by atoms with E-state index in [2.05, 4.69) is 26.2 Å². The molecule has 2 aromatic rings. The van der Waals surface area contributed by atoms with E-state index >= 15 is 0 Å². The van der Waals surface area contributed by atoms with Crippen molar-refractivity contribution in [2.75, 3.05) is 18.5 Å². The summed E-state index contributed by atoms with van der Waals surface area (Å²) in [6.07, 6.45) is 0.0921. The Morgan fingerprint density at radius 2 is 2.17 bits per heavy atom. The zero-order valence-corrected chi connectivity index (χ0v) is 15.7. The molecule has 1 N–H and O–H groups in total. The molecular weight excluding hydrogens is 396 g/mol. The van der Waals surface area contributed by atoms with Crippen molar-refractivity contribution in [2.24, 2.45) is 0 Å². The predicted molar refractivity (Wildman–Crippen MR) is 95.5 cm³/mol. The lowest BCUT2D eigenvalue weighted by Crippen LogP contribution is -2.20. The number of nitrogens with one attached hydrogen (secondary N) is 1. The quantitative estimate of drug-likeness (QED) is 0.705. The molecule has 128 valence electrons. The summed E-state index contributed by atoms with van der Waals surface area (Å²) in [5.41, 5.74) is 1.50. The lowest BCUT2D eigenvalue weighted by atomic mass is 10.2. The van der Waals surface area contributed by atoms with Crippen LogP contribution >= 0.6 is 27.3 Å². The van der Waals surface area contributed by atoms with Crippen molar-refractivity contribution >= 4 is 44.3 Å². The number of thiazole rings is 1. The minimum atomic E-state index is -0.338. The summed E-state index contributed by atoms with van der Waals surface area (Å²) < 4.78 is 11.3. The minimum absolute atomic E-state index is 0.0921. The number of amides is 1. The molecule has 1 aromatic heterocycles. The van der Waals surface area contributed by atoms with E-state index in [-0.39, 0.29) is 24.9 Å². The van der Waals surface area contributed by atoms with Gasteiger partial charge in [-0.3, -0.25) is 14.9 Å². The maximum atomic E-state index is 11.9. The van der Waals surface area contributed by atoms with Crippen molar-refractivity contribution in [3.05, 3.63) is 39.3 Å². The van der Waals surface area contributed by atoms with E-state index in [9.17, 15) is 9.59 Å². The van der Waals surface area contributed by atoms with E-state index in [1.807, 2.05) is 19.1 Å². The molecule has 24 heavy (non-hydrogen) atoms. The molecule has 0 radical (unpaired) electrons. The Bertz CT molecular complexity index is 733. The lowest BCUT2D eigenvalue weighted by molar-refractivity contribution is -0.142. The van der Waals surface area contributed by atoms with Gasteiger partial charge in [0.05, 0.1) is 18.7 Å². The smallest absolute Gasteiger partial charge is 0.311 e. The molecule has 0 aliphatic heterocycles. The van der Waals surface area contributed by atoms with Gasteiger partial charge < -0.3 is 9.47 Å². The Balaban J connectivity index is 1.84. The molecule has 0 bridgehead atoms. The number of carbonyl (C=O) groups is 2. The van der Waals surface area contributed by atoms with Crippen molar-refractivity contribution < 1.29 is 19.1 Å². The van der Waals surface area contributed by atoms with Crippen LogP contribution in [0.25, 0.3) is 0 Å². The number of halogens is 1. The van der Waals surface area contributed by atoms with Crippen LogP contribution in [0.1, 0.15) is 18.2 Å². The van der Waals surface area contributed by atoms with Crippen LogP contribution in [0.2, 0.25) is 0 Å². The second-order valence-corrected chi connectivity index (χ2v) is 6.65. The van der Waals surface area contributed by atoms with Crippen molar-refractivity contribution in [3.8, 4) is 5.75 Å². The maximum absolute atomic E-state index is 11.9. The first-order valence-corrected chi connectivity index (χ1v) is 8.94. The molecule has 1 aromatic carbocycles. The summed E-state index contributed by atoms with van der Waals surface area (Å²) in [5.74, 6) is -0.000402. The highest BCUT2D eigenvalue weighted by Gasteiger charge is 2.11. The number of ether oxygens (including phenoxy) is 2. The van der Waals surface area contributed by atoms with Gasteiger partial charge in [0.25, 0.3) is 5.91 Å². The highest BCUT2D eigenvalue weighted by molar-refractivity contribution is 9.10. The lowest BCUT2D eigenvalue weighted by Gasteiger charge is -2.08. The molecule has 2 rings (SSSR count). The van der Waals surface area contributed by atoms with Gasteiger partial charge in [0.2, 0.25) is 0 Å². The molecule has 0 unspecified atom stereocenters. The van der Waals surface area contributed by atoms with Crippen LogP contribution in [0.15, 0.2) is 28.1 Å². The third-order valence-corrected chi connectivity index (χ3v) is 4.22. The summed E-state index contributed by atoms with van der Waals surface area (Å²) in [7, 11) is 0. The van der Waals surface area contributed by atoms with Crippen molar-refractivity contribution in [2.45, 2.75) is 20.3 Å². The summed E-state index contributed by atoms with van der Waals surface area (Å²) in [5, 5.41) is 4.79. The van der Waals surface area contributed by atoms with Gasteiger partial charge in [-0.25, -0.2) is 4.98 Å². The Morgan fingerprint density at radius 1 is 1.38 bits per heavy atom. The average Bonchev–Trinajstić information content (AvgIpc) is 2.93. The number of nitrogens with zero attached hydrogens (tertiary/aromatic N) is 1. The highest BCUT2D eigenvalue weighted by atomic mass is 79.9. The van der Waals surface area contributed by atoms with Gasteiger partial charge in [-0.1, -0.05) is 15.9 Å². The number of aryl methyl sites for hydroxylation is 1. The summed E-state index contributed by atoms with van der Waals surface area (Å²) in [4.78, 5) is 27.5. The molecule has 8 heteroatoms. The zero-order chi connectivity index (χ0) is 17.5. The second-order valence-electron chi connectivity index (χ2n) is 4.87. The van der Waals surface area contributed by atoms with Gasteiger partial charge in [0.15, 0.2) is 11.7 Å². The number of benzene rings is 1. The molecule has 0 fully saturated rings. The van der Waals surface area contributed by atoms with E-state index in [4.69, 9.17) is 9.47 Å². The first-order chi connectivity index (χ1) is 11.5. The zero-order valence-electron chi connectivity index (χ0n) is 13.3. The summed E-state index contributed by atoms with van der Waals surface area (Å²) >= 11 is 4.63. The molecule has 0 saturated heterocycles. The molecular formula is C16H17BrN2O4S. The topological polar surface area (TPSA) is 77.5 Å². The predicted octanol–water partition coefficient (Wildman–Crippen LogP) is 3.34. The number of esters is 1. The Morgan fingerprint density at radius 3 is 2.88 bits per heavy atom. The van der Waals surface area contributed by atoms with Crippen LogP contribution in [-0.2, 0) is 20.7 Å². The van der Waals surface area contributed by atoms with Crippen molar-refractivity contribution in [3.63, 3.8) is 0 Å². The second kappa shape index (κ2) is 8.79. The van der Waals surface area contributed by atoms with E-state index in [1.54, 1.807) is 18.4 Å². The van der Waals surface area contributed by atoms with Gasteiger partial charge in [-0.05, 0) is 37.6 Å². The fourth-order valence-corrected chi connectivity index (χ4v) is 3.08. The third kappa shape index (κ3) is 5.61. The molecule has 0 spiro atoms. The molecule has 0 saturated carbocycles. The molecule has 6 nitrogen and oxygen atoms in total. The molecule has 0 atom stereocenters. The fourth-order valence-electron chi connectivity index (χ4n) is 1.88. The van der Waals surface area contributed by atoms with Crippen LogP contribution in [0, 0.1) is 6.92 Å². The van der Waals surface area contributed by atoms with Gasteiger partial charge in [0, 0.05) is 9.85 Å². The van der Waals surface area contributed by atoms with Crippen LogP contribution in [0.3, 0.4) is 0 Å². The number of carbonyl (C=O) groups excluding carboxylic acids is 2. The first kappa shape index (κ1) is 18.4. The molecule has 1 amide bonds. The molecule has 1 heterocycles. The fraction of sp³-hybridized carbons (Fsp3) is 0.312. The van der Waals surface area contributed by atoms with Gasteiger partial charge in [-0.15, -0.1) is 11.3 Å². The molecule has 0 aliphatic rings. The Hall–Kier alpha value is -1.93. The number of hydrogen-bond acceptors (Lipinski definition) is 6. The van der Waals surface area contributed by atoms with E-state index in [0.29, 0.717) is 23.2 Å². The summed E-state index contributed by atoms with van der Waals surface area (Å²) in [6, 6.07) is 5.56. The van der Waals surface area contributed by atoms with Crippen LogP contribution in [0.4, 0.5) is 5.13 Å². The van der Waals surface area contributed by atoms with Gasteiger partial charge in [-0.2, -0.15) is 0 Å². The number of anilines is 1. The monoisotopic (exact) mass is 412 g/mol. The Labute approximate surface area is 152 Å². The molecule has 0 aliphatic carbocycles. The number of hydrogen-bond donors (Lipinski definition) is 1. The average molecular weight is 413 g/mol. The normalized spacial score (nSPS) is 10.3. The minimum Gasteiger partial charge on any atom is -0.483 e. The maximum Gasteiger partial charge on any atom is 0.311 e. The largest absolute Gasteiger partial charge is 0.483 e. The van der Waals surface area contributed by atoms with Gasteiger partial charge in [0.1, 0.15) is 5.75 Å². The van der Waals surface area contributed by atoms with Crippen LogP contribution in [0.5, 0.6) is 5.75 Å². The van der Waals surface area contributed by atoms with E-state index in [0.717, 1.165) is 10.0 Å². The first-order valence-electron chi connectivity index (χ1n) is 7.26.